The van der Waals surface area contributed by atoms with Crippen LogP contribution in [0.3, 0.4) is 0 Å². The van der Waals surface area contributed by atoms with E-state index in [1.54, 1.807) is 11.0 Å². The minimum atomic E-state index is -0.00160. The number of thiol groups is 1. The molecule has 0 fully saturated rings. The third kappa shape index (κ3) is 3.89. The normalized spacial score (nSPS) is 10.1. The minimum absolute atomic E-state index is 0.00160. The van der Waals surface area contributed by atoms with Crippen LogP contribution in [0.5, 0.6) is 0 Å². The molecule has 1 rings (SSSR count). The van der Waals surface area contributed by atoms with E-state index in [0.29, 0.717) is 18.7 Å². The Kier molecular flexibility index (Phi) is 5.28. The van der Waals surface area contributed by atoms with Crippen LogP contribution in [-0.2, 0) is 0 Å². The first-order valence-electron chi connectivity index (χ1n) is 5.38. The van der Waals surface area contributed by atoms with Gasteiger partial charge in [0.15, 0.2) is 0 Å². The van der Waals surface area contributed by atoms with Crippen molar-refractivity contribution in [3.63, 3.8) is 0 Å². The molecule has 1 amide bonds. The number of carbonyl (C=O) groups excluding carboxylic acids is 1. The third-order valence-corrected chi connectivity index (χ3v) is 3.28. The molecule has 0 atom stereocenters. The Hall–Kier alpha value is -0.740. The summed E-state index contributed by atoms with van der Waals surface area (Å²) in [6.45, 7) is 8.96. The van der Waals surface area contributed by atoms with Gasteiger partial charge in [0, 0.05) is 22.5 Å². The molecule has 0 aromatic heterocycles. The molecule has 0 unspecified atom stereocenters. The van der Waals surface area contributed by atoms with Crippen LogP contribution in [0, 0.1) is 0 Å². The predicted octanol–water partition coefficient (Wildman–Crippen LogP) is 3.78. The topological polar surface area (TPSA) is 20.3 Å². The lowest BCUT2D eigenvalue weighted by Crippen LogP contribution is -2.32. The summed E-state index contributed by atoms with van der Waals surface area (Å²) in [6.07, 6.45) is 0. The molecule has 17 heavy (non-hydrogen) atoms. The first-order chi connectivity index (χ1) is 7.95. The van der Waals surface area contributed by atoms with Gasteiger partial charge in [-0.25, -0.2) is 0 Å². The van der Waals surface area contributed by atoms with Gasteiger partial charge in [-0.05, 0) is 48.0 Å². The molecule has 0 aliphatic carbocycles. The van der Waals surface area contributed by atoms with Crippen LogP contribution >= 0.6 is 28.6 Å². The van der Waals surface area contributed by atoms with Gasteiger partial charge in [-0.15, -0.1) is 12.6 Å². The zero-order valence-corrected chi connectivity index (χ0v) is 12.5. The highest BCUT2D eigenvalue weighted by molar-refractivity contribution is 9.10. The third-order valence-electron chi connectivity index (χ3n) is 2.31. The van der Waals surface area contributed by atoms with E-state index in [9.17, 15) is 4.79 Å². The molecular weight excluding hydrogens is 298 g/mol. The number of hydrogen-bond donors (Lipinski definition) is 1. The average Bonchev–Trinajstić information content (AvgIpc) is 2.28. The van der Waals surface area contributed by atoms with Crippen molar-refractivity contribution in [2.45, 2.75) is 18.7 Å². The maximum Gasteiger partial charge on any atom is 0.255 e. The van der Waals surface area contributed by atoms with Crippen molar-refractivity contribution in [1.82, 2.24) is 4.90 Å². The van der Waals surface area contributed by atoms with Gasteiger partial charge in [0.05, 0.1) is 5.56 Å². The monoisotopic (exact) mass is 313 g/mol. The predicted molar refractivity (Wildman–Crippen MR) is 77.8 cm³/mol. The average molecular weight is 314 g/mol. The number of benzene rings is 1. The van der Waals surface area contributed by atoms with Gasteiger partial charge in [-0.3, -0.25) is 4.79 Å². The summed E-state index contributed by atoms with van der Waals surface area (Å²) in [6, 6.07) is 5.46. The standard InChI is InChI=1S/C13H16BrNOS/c1-4-15(8-9(2)3)13(16)11-7-10(17)5-6-12(11)14/h5-7,17H,2,4,8H2,1,3H3. The number of hydrogen-bond acceptors (Lipinski definition) is 2. The van der Waals surface area contributed by atoms with Gasteiger partial charge in [0.25, 0.3) is 5.91 Å². The van der Waals surface area contributed by atoms with Crippen LogP contribution in [-0.4, -0.2) is 23.9 Å². The summed E-state index contributed by atoms with van der Waals surface area (Å²) in [5.74, 6) is -0.00160. The Morgan fingerprint density at radius 3 is 2.71 bits per heavy atom. The van der Waals surface area contributed by atoms with Gasteiger partial charge in [-0.2, -0.15) is 0 Å². The number of likely N-dealkylation sites (N-methyl/N-ethyl adjacent to an activating group) is 1. The SMILES string of the molecule is C=C(C)CN(CC)C(=O)c1cc(S)ccc1Br. The van der Waals surface area contributed by atoms with Crippen LogP contribution in [0.4, 0.5) is 0 Å². The maximum absolute atomic E-state index is 12.3. The van der Waals surface area contributed by atoms with Crippen LogP contribution < -0.4 is 0 Å². The van der Waals surface area contributed by atoms with Gasteiger partial charge in [0.1, 0.15) is 0 Å². The molecule has 0 radical (unpaired) electrons. The van der Waals surface area contributed by atoms with Crippen molar-refractivity contribution in [3.05, 3.63) is 40.4 Å². The van der Waals surface area contributed by atoms with E-state index < -0.39 is 0 Å². The molecule has 4 heteroatoms. The van der Waals surface area contributed by atoms with E-state index in [-0.39, 0.29) is 5.91 Å². The van der Waals surface area contributed by atoms with Gasteiger partial charge in [0.2, 0.25) is 0 Å². The number of carbonyl (C=O) groups is 1. The van der Waals surface area contributed by atoms with Crippen LogP contribution in [0.2, 0.25) is 0 Å². The fourth-order valence-corrected chi connectivity index (χ4v) is 2.12. The lowest BCUT2D eigenvalue weighted by Gasteiger charge is -2.21. The summed E-state index contributed by atoms with van der Waals surface area (Å²) in [4.78, 5) is 14.8. The van der Waals surface area contributed by atoms with E-state index >= 15 is 0 Å². The molecule has 2 nitrogen and oxygen atoms in total. The number of nitrogens with zero attached hydrogens (tertiary/aromatic N) is 1. The second-order valence-corrected chi connectivity index (χ2v) is 5.31. The van der Waals surface area contributed by atoms with Crippen LogP contribution in [0.15, 0.2) is 39.7 Å². The Balaban J connectivity index is 3.01. The number of rotatable bonds is 4. The van der Waals surface area contributed by atoms with E-state index in [0.717, 1.165) is 14.9 Å². The zero-order valence-electron chi connectivity index (χ0n) is 10.0. The Bertz CT molecular complexity index is 445. The fraction of sp³-hybridized carbons (Fsp3) is 0.308. The Morgan fingerprint density at radius 1 is 1.53 bits per heavy atom. The number of amides is 1. The van der Waals surface area contributed by atoms with Crippen LogP contribution in [0.1, 0.15) is 24.2 Å². The molecule has 0 spiro atoms. The molecule has 0 saturated heterocycles. The Labute approximate surface area is 116 Å². The second kappa shape index (κ2) is 6.26. The van der Waals surface area contributed by atoms with E-state index in [4.69, 9.17) is 0 Å². The summed E-state index contributed by atoms with van der Waals surface area (Å²) in [5.41, 5.74) is 1.61. The highest BCUT2D eigenvalue weighted by Gasteiger charge is 2.16. The second-order valence-electron chi connectivity index (χ2n) is 3.94. The molecule has 0 heterocycles. The highest BCUT2D eigenvalue weighted by atomic mass is 79.9. The molecule has 0 bridgehead atoms. The lowest BCUT2D eigenvalue weighted by molar-refractivity contribution is 0.0777. The smallest absolute Gasteiger partial charge is 0.255 e. The molecule has 1 aromatic carbocycles. The van der Waals surface area contributed by atoms with E-state index in [1.807, 2.05) is 26.0 Å². The van der Waals surface area contributed by atoms with E-state index in [1.165, 1.54) is 0 Å². The summed E-state index contributed by atoms with van der Waals surface area (Å²) in [5, 5.41) is 0. The van der Waals surface area contributed by atoms with Gasteiger partial charge < -0.3 is 4.90 Å². The molecule has 0 N–H and O–H groups in total. The minimum Gasteiger partial charge on any atom is -0.335 e. The van der Waals surface area contributed by atoms with E-state index in [2.05, 4.69) is 35.1 Å². The highest BCUT2D eigenvalue weighted by Crippen LogP contribution is 2.22. The van der Waals surface area contributed by atoms with Crippen molar-refractivity contribution < 1.29 is 4.79 Å². The number of halogens is 1. The zero-order chi connectivity index (χ0) is 13.0. The van der Waals surface area contributed by atoms with Gasteiger partial charge in [-0.1, -0.05) is 12.2 Å². The van der Waals surface area contributed by atoms with Crippen LogP contribution in [0.25, 0.3) is 0 Å². The quantitative estimate of drug-likeness (QED) is 0.662. The van der Waals surface area contributed by atoms with Crippen molar-refractivity contribution >= 4 is 34.5 Å². The van der Waals surface area contributed by atoms with Crippen molar-refractivity contribution in [3.8, 4) is 0 Å². The molecule has 92 valence electrons. The molecule has 0 saturated carbocycles. The Morgan fingerprint density at radius 2 is 2.18 bits per heavy atom. The molecule has 0 aliphatic rings. The molecule has 0 aliphatic heterocycles. The molecule has 1 aromatic rings. The summed E-state index contributed by atoms with van der Waals surface area (Å²) in [7, 11) is 0. The fourth-order valence-electron chi connectivity index (χ4n) is 1.50. The van der Waals surface area contributed by atoms with Crippen molar-refractivity contribution in [2.75, 3.05) is 13.1 Å². The molecular formula is C13H16BrNOS. The lowest BCUT2D eigenvalue weighted by atomic mass is 10.2. The maximum atomic E-state index is 12.3. The van der Waals surface area contributed by atoms with Crippen molar-refractivity contribution in [1.29, 1.82) is 0 Å². The van der Waals surface area contributed by atoms with Gasteiger partial charge >= 0.3 is 0 Å². The largest absolute Gasteiger partial charge is 0.335 e. The van der Waals surface area contributed by atoms with Crippen molar-refractivity contribution in [2.24, 2.45) is 0 Å². The summed E-state index contributed by atoms with van der Waals surface area (Å²) >= 11 is 7.65. The summed E-state index contributed by atoms with van der Waals surface area (Å²) < 4.78 is 0.792. The first-order valence-corrected chi connectivity index (χ1v) is 6.62. The first kappa shape index (κ1) is 14.3.